The fourth-order valence-electron chi connectivity index (χ4n) is 2.13. The average molecular weight is 332 g/mol. The summed E-state index contributed by atoms with van der Waals surface area (Å²) in [5.74, 6) is 1.31. The molecule has 0 aliphatic carbocycles. The van der Waals surface area contributed by atoms with Gasteiger partial charge in [-0.3, -0.25) is 5.32 Å². The lowest BCUT2D eigenvalue weighted by Gasteiger charge is -2.12. The van der Waals surface area contributed by atoms with Crippen molar-refractivity contribution < 1.29 is 14.1 Å². The molecule has 0 radical (unpaired) electrons. The number of carbonyl (C=O) groups excluding carboxylic acids is 1. The van der Waals surface area contributed by atoms with Gasteiger partial charge in [-0.25, -0.2) is 4.79 Å². The molecule has 1 aromatic heterocycles. The predicted molar refractivity (Wildman–Crippen MR) is 92.0 cm³/mol. The van der Waals surface area contributed by atoms with Gasteiger partial charge < -0.3 is 14.6 Å². The molecule has 7 nitrogen and oxygen atoms in total. The quantitative estimate of drug-likeness (QED) is 0.754. The van der Waals surface area contributed by atoms with Crippen molar-refractivity contribution in [3.05, 3.63) is 36.0 Å². The summed E-state index contributed by atoms with van der Waals surface area (Å²) in [5, 5.41) is 9.93. The van der Waals surface area contributed by atoms with E-state index in [-0.39, 0.29) is 6.04 Å². The molecule has 2 N–H and O–H groups in total. The Hall–Kier alpha value is -2.57. The molecule has 2 aromatic rings. The van der Waals surface area contributed by atoms with E-state index in [9.17, 15) is 4.79 Å². The average Bonchev–Trinajstić information content (AvgIpc) is 3.04. The molecular weight excluding hydrogens is 308 g/mol. The van der Waals surface area contributed by atoms with E-state index in [1.54, 1.807) is 19.1 Å². The van der Waals surface area contributed by atoms with Gasteiger partial charge in [-0.05, 0) is 44.5 Å². The first-order valence-corrected chi connectivity index (χ1v) is 8.25. The second kappa shape index (κ2) is 8.90. The van der Waals surface area contributed by atoms with Gasteiger partial charge in [-0.2, -0.15) is 4.98 Å². The van der Waals surface area contributed by atoms with Crippen LogP contribution in [-0.4, -0.2) is 22.8 Å². The number of anilines is 2. The summed E-state index contributed by atoms with van der Waals surface area (Å²) in [6, 6.07) is 7.23. The number of carbonyl (C=O) groups is 1. The molecule has 7 heteroatoms. The number of aromatic nitrogens is 2. The highest BCUT2D eigenvalue weighted by atomic mass is 16.5. The van der Waals surface area contributed by atoms with Crippen LogP contribution < -0.4 is 10.6 Å². The molecule has 2 rings (SSSR count). The van der Waals surface area contributed by atoms with Gasteiger partial charge in [0.2, 0.25) is 5.89 Å². The van der Waals surface area contributed by atoms with Crippen LogP contribution in [0.2, 0.25) is 0 Å². The van der Waals surface area contributed by atoms with E-state index in [1.165, 1.54) is 0 Å². The lowest BCUT2D eigenvalue weighted by Crippen LogP contribution is -2.13. The molecule has 1 heterocycles. The zero-order chi connectivity index (χ0) is 17.4. The molecular formula is C17H24N4O3. The standard InChI is InChI=1S/C17H24N4O3/c1-4-6-7-15-20-16(24-21-15)12(3)18-13-8-10-14(11-9-13)19-17(22)23-5-2/h8-12,18H,4-7H2,1-3H3,(H,19,22). The first kappa shape index (κ1) is 17.8. The Balaban J connectivity index is 1.90. The molecule has 1 unspecified atom stereocenters. The number of amides is 1. The normalized spacial score (nSPS) is 11.8. The summed E-state index contributed by atoms with van der Waals surface area (Å²) in [7, 11) is 0. The Bertz CT molecular complexity index is 640. The largest absolute Gasteiger partial charge is 0.450 e. The second-order valence-corrected chi connectivity index (χ2v) is 5.44. The van der Waals surface area contributed by atoms with Gasteiger partial charge >= 0.3 is 6.09 Å². The van der Waals surface area contributed by atoms with Crippen LogP contribution in [0.1, 0.15) is 51.4 Å². The predicted octanol–water partition coefficient (Wildman–Crippen LogP) is 4.15. The molecule has 1 aromatic carbocycles. The van der Waals surface area contributed by atoms with Crippen molar-refractivity contribution in [2.45, 2.75) is 46.1 Å². The highest BCUT2D eigenvalue weighted by molar-refractivity contribution is 5.84. The summed E-state index contributed by atoms with van der Waals surface area (Å²) < 4.78 is 10.1. The van der Waals surface area contributed by atoms with Crippen molar-refractivity contribution in [3.8, 4) is 0 Å². The molecule has 1 amide bonds. The summed E-state index contributed by atoms with van der Waals surface area (Å²) in [4.78, 5) is 15.8. The van der Waals surface area contributed by atoms with Gasteiger partial charge in [-0.15, -0.1) is 0 Å². The van der Waals surface area contributed by atoms with Crippen molar-refractivity contribution in [2.24, 2.45) is 0 Å². The van der Waals surface area contributed by atoms with Crippen LogP contribution in [0.25, 0.3) is 0 Å². The van der Waals surface area contributed by atoms with Crippen molar-refractivity contribution in [2.75, 3.05) is 17.2 Å². The maximum Gasteiger partial charge on any atom is 0.411 e. The van der Waals surface area contributed by atoms with Gasteiger partial charge in [0, 0.05) is 17.8 Å². The van der Waals surface area contributed by atoms with Crippen LogP contribution >= 0.6 is 0 Å². The van der Waals surface area contributed by atoms with Crippen LogP contribution in [0, 0.1) is 0 Å². The summed E-state index contributed by atoms with van der Waals surface area (Å²) in [6.45, 7) is 6.19. The van der Waals surface area contributed by atoms with Gasteiger partial charge in [-0.1, -0.05) is 18.5 Å². The summed E-state index contributed by atoms with van der Waals surface area (Å²) in [5.41, 5.74) is 1.57. The Morgan fingerprint density at radius 3 is 2.62 bits per heavy atom. The fraction of sp³-hybridized carbons (Fsp3) is 0.471. The Labute approximate surface area is 141 Å². The Morgan fingerprint density at radius 1 is 1.25 bits per heavy atom. The molecule has 0 fully saturated rings. The number of hydrogen-bond donors (Lipinski definition) is 2. The number of aryl methyl sites for hydroxylation is 1. The van der Waals surface area contributed by atoms with Crippen LogP contribution in [-0.2, 0) is 11.2 Å². The molecule has 0 aliphatic heterocycles. The monoisotopic (exact) mass is 332 g/mol. The maximum atomic E-state index is 11.4. The lowest BCUT2D eigenvalue weighted by atomic mass is 10.2. The highest BCUT2D eigenvalue weighted by Crippen LogP contribution is 2.20. The number of benzene rings is 1. The lowest BCUT2D eigenvalue weighted by molar-refractivity contribution is 0.168. The van der Waals surface area contributed by atoms with Gasteiger partial charge in [0.1, 0.15) is 6.04 Å². The van der Waals surface area contributed by atoms with E-state index >= 15 is 0 Å². The third-order valence-corrected chi connectivity index (χ3v) is 3.40. The van der Waals surface area contributed by atoms with Gasteiger partial charge in [0.05, 0.1) is 6.61 Å². The van der Waals surface area contributed by atoms with E-state index in [0.29, 0.717) is 18.2 Å². The Kier molecular flexibility index (Phi) is 6.60. The molecule has 0 saturated carbocycles. The molecule has 0 saturated heterocycles. The maximum absolute atomic E-state index is 11.4. The third-order valence-electron chi connectivity index (χ3n) is 3.40. The Morgan fingerprint density at radius 2 is 1.96 bits per heavy atom. The molecule has 0 spiro atoms. The minimum Gasteiger partial charge on any atom is -0.450 e. The van der Waals surface area contributed by atoms with E-state index in [0.717, 1.165) is 30.8 Å². The smallest absolute Gasteiger partial charge is 0.411 e. The SMILES string of the molecule is CCCCc1noc(C(C)Nc2ccc(NC(=O)OCC)cc2)n1. The third kappa shape index (κ3) is 5.26. The molecule has 1 atom stereocenters. The first-order chi connectivity index (χ1) is 11.6. The number of rotatable bonds is 8. The van der Waals surface area contributed by atoms with Crippen molar-refractivity contribution >= 4 is 17.5 Å². The molecule has 24 heavy (non-hydrogen) atoms. The van der Waals surface area contributed by atoms with Crippen LogP contribution in [0.5, 0.6) is 0 Å². The van der Waals surface area contributed by atoms with Crippen LogP contribution in [0.3, 0.4) is 0 Å². The molecule has 0 bridgehead atoms. The first-order valence-electron chi connectivity index (χ1n) is 8.25. The number of nitrogens with zero attached hydrogens (tertiary/aromatic N) is 2. The number of unbranched alkanes of at least 4 members (excludes halogenated alkanes) is 1. The zero-order valence-electron chi connectivity index (χ0n) is 14.3. The minimum absolute atomic E-state index is 0.100. The van der Waals surface area contributed by atoms with Crippen molar-refractivity contribution in [3.63, 3.8) is 0 Å². The van der Waals surface area contributed by atoms with Gasteiger partial charge in [0.25, 0.3) is 0 Å². The zero-order valence-corrected chi connectivity index (χ0v) is 14.3. The summed E-state index contributed by atoms with van der Waals surface area (Å²) >= 11 is 0. The van der Waals surface area contributed by atoms with E-state index in [2.05, 4.69) is 27.7 Å². The van der Waals surface area contributed by atoms with E-state index in [4.69, 9.17) is 9.26 Å². The van der Waals surface area contributed by atoms with Crippen molar-refractivity contribution in [1.29, 1.82) is 0 Å². The number of ether oxygens (including phenoxy) is 1. The number of nitrogens with one attached hydrogen (secondary N) is 2. The summed E-state index contributed by atoms with van der Waals surface area (Å²) in [6.07, 6.45) is 2.53. The molecule has 0 aliphatic rings. The fourth-order valence-corrected chi connectivity index (χ4v) is 2.13. The van der Waals surface area contributed by atoms with Crippen LogP contribution in [0.4, 0.5) is 16.2 Å². The second-order valence-electron chi connectivity index (χ2n) is 5.44. The van der Waals surface area contributed by atoms with E-state index < -0.39 is 6.09 Å². The highest BCUT2D eigenvalue weighted by Gasteiger charge is 2.14. The van der Waals surface area contributed by atoms with Gasteiger partial charge in [0.15, 0.2) is 5.82 Å². The van der Waals surface area contributed by atoms with Crippen LogP contribution in [0.15, 0.2) is 28.8 Å². The molecule has 130 valence electrons. The van der Waals surface area contributed by atoms with Crippen molar-refractivity contribution in [1.82, 2.24) is 10.1 Å². The number of hydrogen-bond acceptors (Lipinski definition) is 6. The van der Waals surface area contributed by atoms with E-state index in [1.807, 2.05) is 19.1 Å². The minimum atomic E-state index is -0.461. The topological polar surface area (TPSA) is 89.3 Å².